The van der Waals surface area contributed by atoms with Gasteiger partial charge in [-0.3, -0.25) is 4.79 Å². The Bertz CT molecular complexity index is 585. The fourth-order valence-electron chi connectivity index (χ4n) is 2.59. The van der Waals surface area contributed by atoms with Gasteiger partial charge in [0, 0.05) is 4.88 Å². The first-order valence-electron chi connectivity index (χ1n) is 6.86. The van der Waals surface area contributed by atoms with Crippen molar-refractivity contribution < 1.29 is 9.90 Å². The van der Waals surface area contributed by atoms with E-state index < -0.39 is 0 Å². The normalized spacial score (nSPS) is 14.8. The van der Waals surface area contributed by atoms with E-state index in [1.165, 1.54) is 16.9 Å². The Labute approximate surface area is 122 Å². The molecular weight excluding hydrogens is 270 g/mol. The van der Waals surface area contributed by atoms with Crippen molar-refractivity contribution in [2.24, 2.45) is 0 Å². The van der Waals surface area contributed by atoms with Gasteiger partial charge < -0.3 is 10.4 Å². The molecule has 4 heteroatoms. The molecule has 0 aliphatic heterocycles. The largest absolute Gasteiger partial charge is 0.394 e. The van der Waals surface area contributed by atoms with Gasteiger partial charge in [0.25, 0.3) is 5.91 Å². The van der Waals surface area contributed by atoms with E-state index in [0.717, 1.165) is 23.3 Å². The molecule has 1 atom stereocenters. The number of amides is 1. The Kier molecular flexibility index (Phi) is 3.85. The number of aliphatic hydroxyl groups excluding tert-OH is 1. The highest BCUT2D eigenvalue weighted by atomic mass is 32.1. The molecule has 0 radical (unpaired) electrons. The maximum atomic E-state index is 12.3. The molecule has 1 amide bonds. The number of aliphatic hydroxyl groups is 1. The van der Waals surface area contributed by atoms with E-state index in [1.807, 2.05) is 36.4 Å². The molecule has 3 rings (SSSR count). The summed E-state index contributed by atoms with van der Waals surface area (Å²) in [4.78, 5) is 14.4. The van der Waals surface area contributed by atoms with E-state index >= 15 is 0 Å². The van der Waals surface area contributed by atoms with Crippen LogP contribution in [0, 0.1) is 0 Å². The van der Waals surface area contributed by atoms with Crippen molar-refractivity contribution in [2.45, 2.75) is 25.3 Å². The highest BCUT2D eigenvalue weighted by Crippen LogP contribution is 2.30. The maximum absolute atomic E-state index is 12.3. The molecule has 1 heterocycles. The maximum Gasteiger partial charge on any atom is 0.261 e. The molecule has 1 aliphatic carbocycles. The molecule has 0 saturated carbocycles. The van der Waals surface area contributed by atoms with Gasteiger partial charge in [-0.2, -0.15) is 0 Å². The minimum atomic E-state index is -0.347. The standard InChI is InChI=1S/C16H17NO2S/c18-10-13(11-5-2-1-3-6-11)17-16(19)15-9-12-7-4-8-14(12)20-15/h1-3,5-6,9,13,18H,4,7-8,10H2,(H,17,19)/t13-/m1/s1. The molecule has 0 spiro atoms. The number of benzene rings is 1. The zero-order valence-electron chi connectivity index (χ0n) is 11.1. The van der Waals surface area contributed by atoms with Gasteiger partial charge in [0.15, 0.2) is 0 Å². The second-order valence-corrected chi connectivity index (χ2v) is 6.17. The number of carbonyl (C=O) groups is 1. The molecule has 3 nitrogen and oxygen atoms in total. The molecule has 1 aromatic heterocycles. The van der Waals surface area contributed by atoms with Crippen LogP contribution in [0.5, 0.6) is 0 Å². The zero-order valence-corrected chi connectivity index (χ0v) is 12.0. The first-order valence-corrected chi connectivity index (χ1v) is 7.68. The number of carbonyl (C=O) groups excluding carboxylic acids is 1. The van der Waals surface area contributed by atoms with Crippen LogP contribution >= 0.6 is 11.3 Å². The summed E-state index contributed by atoms with van der Waals surface area (Å²) in [7, 11) is 0. The summed E-state index contributed by atoms with van der Waals surface area (Å²) in [5.41, 5.74) is 2.24. The minimum absolute atomic E-state index is 0.0905. The molecule has 0 saturated heterocycles. The number of rotatable bonds is 4. The third kappa shape index (κ3) is 2.62. The van der Waals surface area contributed by atoms with Gasteiger partial charge in [-0.25, -0.2) is 0 Å². The number of nitrogens with one attached hydrogen (secondary N) is 1. The lowest BCUT2D eigenvalue weighted by Gasteiger charge is -2.16. The first kappa shape index (κ1) is 13.3. The Morgan fingerprint density at radius 2 is 2.10 bits per heavy atom. The summed E-state index contributed by atoms with van der Waals surface area (Å²) >= 11 is 1.58. The lowest BCUT2D eigenvalue weighted by molar-refractivity contribution is 0.0920. The molecule has 20 heavy (non-hydrogen) atoms. The van der Waals surface area contributed by atoms with Crippen LogP contribution in [0.3, 0.4) is 0 Å². The van der Waals surface area contributed by atoms with Crippen molar-refractivity contribution in [2.75, 3.05) is 6.61 Å². The van der Waals surface area contributed by atoms with Crippen molar-refractivity contribution in [3.8, 4) is 0 Å². The Morgan fingerprint density at radius 1 is 1.30 bits per heavy atom. The van der Waals surface area contributed by atoms with E-state index in [2.05, 4.69) is 5.32 Å². The number of aryl methyl sites for hydroxylation is 2. The van der Waals surface area contributed by atoms with Gasteiger partial charge in [0.2, 0.25) is 0 Å². The summed E-state index contributed by atoms with van der Waals surface area (Å²) in [6.07, 6.45) is 3.38. The number of fused-ring (bicyclic) bond motifs is 1. The molecule has 2 N–H and O–H groups in total. The lowest BCUT2D eigenvalue weighted by Crippen LogP contribution is -2.30. The van der Waals surface area contributed by atoms with Crippen molar-refractivity contribution >= 4 is 17.2 Å². The Balaban J connectivity index is 1.74. The molecule has 0 bridgehead atoms. The lowest BCUT2D eigenvalue weighted by atomic mass is 10.1. The van der Waals surface area contributed by atoms with Crippen molar-refractivity contribution in [1.29, 1.82) is 0 Å². The predicted octanol–water partition coefficient (Wildman–Crippen LogP) is 2.70. The Morgan fingerprint density at radius 3 is 2.80 bits per heavy atom. The quantitative estimate of drug-likeness (QED) is 0.908. The van der Waals surface area contributed by atoms with Crippen LogP contribution in [0.25, 0.3) is 0 Å². The fraction of sp³-hybridized carbons (Fsp3) is 0.312. The molecule has 0 unspecified atom stereocenters. The third-order valence-electron chi connectivity index (χ3n) is 3.66. The summed E-state index contributed by atoms with van der Waals surface area (Å²) in [5.74, 6) is -0.0905. The molecule has 1 aliphatic rings. The molecule has 1 aromatic carbocycles. The monoisotopic (exact) mass is 287 g/mol. The molecule has 0 fully saturated rings. The number of hydrogen-bond donors (Lipinski definition) is 2. The second-order valence-electron chi connectivity index (χ2n) is 5.03. The van der Waals surface area contributed by atoms with Crippen molar-refractivity contribution in [3.63, 3.8) is 0 Å². The zero-order chi connectivity index (χ0) is 13.9. The van der Waals surface area contributed by atoms with Crippen LogP contribution in [0.15, 0.2) is 36.4 Å². The first-order chi connectivity index (χ1) is 9.78. The van der Waals surface area contributed by atoms with Gasteiger partial charge in [-0.05, 0) is 36.5 Å². The summed E-state index contributed by atoms with van der Waals surface area (Å²) in [6, 6.07) is 11.2. The second kappa shape index (κ2) is 5.77. The number of thiophene rings is 1. The Hall–Kier alpha value is -1.65. The minimum Gasteiger partial charge on any atom is -0.394 e. The van der Waals surface area contributed by atoms with Gasteiger partial charge >= 0.3 is 0 Å². The smallest absolute Gasteiger partial charge is 0.261 e. The van der Waals surface area contributed by atoms with E-state index in [-0.39, 0.29) is 18.6 Å². The highest BCUT2D eigenvalue weighted by Gasteiger charge is 2.20. The summed E-state index contributed by atoms with van der Waals surface area (Å²) in [5, 5.41) is 12.4. The van der Waals surface area contributed by atoms with Crippen LogP contribution in [-0.2, 0) is 12.8 Å². The van der Waals surface area contributed by atoms with Gasteiger partial charge in [0.1, 0.15) is 0 Å². The predicted molar refractivity (Wildman–Crippen MR) is 80.1 cm³/mol. The van der Waals surface area contributed by atoms with Crippen LogP contribution in [-0.4, -0.2) is 17.6 Å². The highest BCUT2D eigenvalue weighted by molar-refractivity contribution is 7.14. The van der Waals surface area contributed by atoms with Crippen molar-refractivity contribution in [3.05, 3.63) is 57.3 Å². The van der Waals surface area contributed by atoms with Crippen LogP contribution in [0.2, 0.25) is 0 Å². The van der Waals surface area contributed by atoms with Crippen LogP contribution in [0.4, 0.5) is 0 Å². The van der Waals surface area contributed by atoms with E-state index in [1.54, 1.807) is 11.3 Å². The van der Waals surface area contributed by atoms with Gasteiger partial charge in [0.05, 0.1) is 17.5 Å². The fourth-order valence-corrected chi connectivity index (χ4v) is 3.75. The van der Waals surface area contributed by atoms with E-state index in [4.69, 9.17) is 0 Å². The molecule has 104 valence electrons. The summed E-state index contributed by atoms with van der Waals surface area (Å²) < 4.78 is 0. The molecular formula is C16H17NO2S. The topological polar surface area (TPSA) is 49.3 Å². The van der Waals surface area contributed by atoms with Crippen LogP contribution in [0.1, 0.15) is 38.1 Å². The van der Waals surface area contributed by atoms with Crippen molar-refractivity contribution in [1.82, 2.24) is 5.32 Å². The average molecular weight is 287 g/mol. The average Bonchev–Trinajstić information content (AvgIpc) is 3.06. The summed E-state index contributed by atoms with van der Waals surface area (Å²) in [6.45, 7) is -0.0964. The van der Waals surface area contributed by atoms with Gasteiger partial charge in [-0.15, -0.1) is 11.3 Å². The third-order valence-corrected chi connectivity index (χ3v) is 4.90. The van der Waals surface area contributed by atoms with E-state index in [9.17, 15) is 9.90 Å². The van der Waals surface area contributed by atoms with Crippen LogP contribution < -0.4 is 5.32 Å². The van der Waals surface area contributed by atoms with Gasteiger partial charge in [-0.1, -0.05) is 30.3 Å². The molecule has 2 aromatic rings. The number of hydrogen-bond acceptors (Lipinski definition) is 3. The van der Waals surface area contributed by atoms with E-state index in [0.29, 0.717) is 0 Å². The SMILES string of the molecule is O=C(N[C@H](CO)c1ccccc1)c1cc2c(s1)CCC2.